The number of benzene rings is 2. The molecule has 3 N–H and O–H groups in total. The van der Waals surface area contributed by atoms with Crippen molar-refractivity contribution in [2.45, 2.75) is 20.1 Å². The van der Waals surface area contributed by atoms with Crippen LogP contribution in [-0.4, -0.2) is 4.98 Å². The van der Waals surface area contributed by atoms with Gasteiger partial charge in [0.15, 0.2) is 0 Å². The maximum Gasteiger partial charge on any atom is 0.148 e. The summed E-state index contributed by atoms with van der Waals surface area (Å²) in [5.41, 5.74) is 9.87. The smallest absolute Gasteiger partial charge is 0.148 e. The van der Waals surface area contributed by atoms with Crippen LogP contribution in [0.25, 0.3) is 0 Å². The van der Waals surface area contributed by atoms with Crippen molar-refractivity contribution in [3.63, 3.8) is 0 Å². The molecule has 0 radical (unpaired) electrons. The van der Waals surface area contributed by atoms with Gasteiger partial charge in [-0.1, -0.05) is 17.7 Å². The van der Waals surface area contributed by atoms with Crippen LogP contribution in [-0.2, 0) is 13.2 Å². The Bertz CT molecular complexity index is 968. The third-order valence-corrected chi connectivity index (χ3v) is 5.13. The molecule has 1 heterocycles. The molecule has 0 saturated carbocycles. The number of nitrogens with two attached hydrogens (primary N) is 1. The number of nitrogen functional groups attached to an aromatic ring is 1. The quantitative estimate of drug-likeness (QED) is 0.346. The van der Waals surface area contributed by atoms with Crippen LogP contribution in [0.5, 0.6) is 5.75 Å². The molecular formula is C20H18ClFIN3O. The minimum atomic E-state index is -0.379. The molecule has 0 spiro atoms. The fourth-order valence-electron chi connectivity index (χ4n) is 2.54. The summed E-state index contributed by atoms with van der Waals surface area (Å²) in [7, 11) is 0. The summed E-state index contributed by atoms with van der Waals surface area (Å²) >= 11 is 8.15. The maximum absolute atomic E-state index is 13.7. The fourth-order valence-corrected chi connectivity index (χ4v) is 3.50. The van der Waals surface area contributed by atoms with Crippen molar-refractivity contribution in [1.82, 2.24) is 4.98 Å². The van der Waals surface area contributed by atoms with E-state index in [0.717, 1.165) is 20.4 Å². The number of nitrogens with one attached hydrogen (secondary N) is 1. The molecule has 0 fully saturated rings. The first-order valence-electron chi connectivity index (χ1n) is 8.24. The monoisotopic (exact) mass is 497 g/mol. The lowest BCUT2D eigenvalue weighted by Crippen LogP contribution is -2.06. The summed E-state index contributed by atoms with van der Waals surface area (Å²) in [6.07, 6.45) is 1.55. The van der Waals surface area contributed by atoms with Crippen LogP contribution in [0.3, 0.4) is 0 Å². The SMILES string of the molecule is Cc1cc(I)c(OCc2ncccc2F)cc1NCc1ccc(Cl)cc1N. The number of aromatic nitrogens is 1. The minimum absolute atomic E-state index is 0.0648. The summed E-state index contributed by atoms with van der Waals surface area (Å²) < 4.78 is 20.5. The number of aryl methyl sites for hydroxylation is 1. The van der Waals surface area contributed by atoms with E-state index >= 15 is 0 Å². The number of nitrogens with zero attached hydrogens (tertiary/aromatic N) is 1. The van der Waals surface area contributed by atoms with Crippen LogP contribution in [0.1, 0.15) is 16.8 Å². The summed E-state index contributed by atoms with van der Waals surface area (Å²) in [6.45, 7) is 2.63. The van der Waals surface area contributed by atoms with Gasteiger partial charge < -0.3 is 15.8 Å². The van der Waals surface area contributed by atoms with Crippen LogP contribution in [0, 0.1) is 16.3 Å². The molecule has 0 aliphatic heterocycles. The first-order chi connectivity index (χ1) is 12.9. The van der Waals surface area contributed by atoms with E-state index in [2.05, 4.69) is 32.9 Å². The largest absolute Gasteiger partial charge is 0.486 e. The molecule has 0 bridgehead atoms. The predicted octanol–water partition coefficient (Wildman–Crippen LogP) is 5.56. The van der Waals surface area contributed by atoms with Gasteiger partial charge in [0.2, 0.25) is 0 Å². The highest BCUT2D eigenvalue weighted by atomic mass is 127. The molecule has 3 aromatic rings. The van der Waals surface area contributed by atoms with E-state index in [1.54, 1.807) is 18.3 Å². The number of pyridine rings is 1. The number of halogens is 3. The zero-order valence-corrected chi connectivity index (χ0v) is 17.5. The number of rotatable bonds is 6. The Hall–Kier alpha value is -2.06. The van der Waals surface area contributed by atoms with Gasteiger partial charge in [0, 0.05) is 35.2 Å². The summed E-state index contributed by atoms with van der Waals surface area (Å²) in [6, 6.07) is 12.3. The van der Waals surface area contributed by atoms with Crippen molar-refractivity contribution < 1.29 is 9.13 Å². The molecule has 4 nitrogen and oxygen atoms in total. The van der Waals surface area contributed by atoms with E-state index in [-0.39, 0.29) is 18.1 Å². The molecule has 3 rings (SSSR count). The number of ether oxygens (including phenoxy) is 1. The van der Waals surface area contributed by atoms with Gasteiger partial charge in [-0.3, -0.25) is 4.98 Å². The van der Waals surface area contributed by atoms with Gasteiger partial charge in [0.05, 0.1) is 3.57 Å². The molecule has 0 aliphatic carbocycles. The average molecular weight is 498 g/mol. The van der Waals surface area contributed by atoms with E-state index in [1.165, 1.54) is 6.07 Å². The van der Waals surface area contributed by atoms with Gasteiger partial charge in [-0.05, 0) is 71.0 Å². The Labute approximate surface area is 176 Å². The van der Waals surface area contributed by atoms with Crippen molar-refractivity contribution in [1.29, 1.82) is 0 Å². The minimum Gasteiger partial charge on any atom is -0.486 e. The highest BCUT2D eigenvalue weighted by Gasteiger charge is 2.10. The van der Waals surface area contributed by atoms with Crippen molar-refractivity contribution in [2.24, 2.45) is 0 Å². The summed E-state index contributed by atoms with van der Waals surface area (Å²) in [5, 5.41) is 3.98. The lowest BCUT2D eigenvalue weighted by molar-refractivity contribution is 0.292. The molecule has 0 aliphatic rings. The van der Waals surface area contributed by atoms with Crippen molar-refractivity contribution in [3.05, 3.63) is 79.9 Å². The lowest BCUT2D eigenvalue weighted by atomic mass is 10.1. The van der Waals surface area contributed by atoms with Crippen LogP contribution < -0.4 is 15.8 Å². The van der Waals surface area contributed by atoms with Crippen LogP contribution >= 0.6 is 34.2 Å². The number of anilines is 2. The second-order valence-corrected chi connectivity index (χ2v) is 7.61. The standard InChI is InChI=1S/C20H18ClFIN3O/c1-12-7-16(23)20(27-11-19-15(22)3-2-6-25-19)9-18(12)26-10-13-4-5-14(21)8-17(13)24/h2-9,26H,10-11,24H2,1H3. The van der Waals surface area contributed by atoms with E-state index in [9.17, 15) is 4.39 Å². The third-order valence-electron chi connectivity index (χ3n) is 4.06. The summed E-state index contributed by atoms with van der Waals surface area (Å²) in [5.74, 6) is 0.286. The van der Waals surface area contributed by atoms with E-state index in [0.29, 0.717) is 23.0 Å². The maximum atomic E-state index is 13.7. The van der Waals surface area contributed by atoms with Gasteiger partial charge in [0.25, 0.3) is 0 Å². The normalized spacial score (nSPS) is 10.7. The van der Waals surface area contributed by atoms with Gasteiger partial charge >= 0.3 is 0 Å². The van der Waals surface area contributed by atoms with Crippen LogP contribution in [0.2, 0.25) is 5.02 Å². The second kappa shape index (κ2) is 8.75. The molecule has 7 heteroatoms. The van der Waals surface area contributed by atoms with Gasteiger partial charge in [-0.15, -0.1) is 0 Å². The molecule has 0 saturated heterocycles. The van der Waals surface area contributed by atoms with E-state index in [1.807, 2.05) is 31.2 Å². The van der Waals surface area contributed by atoms with Gasteiger partial charge in [0.1, 0.15) is 23.9 Å². The lowest BCUT2D eigenvalue weighted by Gasteiger charge is -2.15. The van der Waals surface area contributed by atoms with Crippen LogP contribution in [0.4, 0.5) is 15.8 Å². The van der Waals surface area contributed by atoms with Crippen molar-refractivity contribution in [3.8, 4) is 5.75 Å². The van der Waals surface area contributed by atoms with Crippen LogP contribution in [0.15, 0.2) is 48.7 Å². The molecule has 140 valence electrons. The molecule has 0 unspecified atom stereocenters. The predicted molar refractivity (Wildman–Crippen MR) is 116 cm³/mol. The number of hydrogen-bond donors (Lipinski definition) is 2. The Morgan fingerprint density at radius 1 is 1.26 bits per heavy atom. The first kappa shape index (κ1) is 19.7. The molecule has 2 aromatic carbocycles. The zero-order valence-electron chi connectivity index (χ0n) is 14.6. The molecule has 0 atom stereocenters. The highest BCUT2D eigenvalue weighted by Crippen LogP contribution is 2.30. The number of hydrogen-bond acceptors (Lipinski definition) is 4. The van der Waals surface area contributed by atoms with Crippen molar-refractivity contribution in [2.75, 3.05) is 11.1 Å². The Kier molecular flexibility index (Phi) is 6.38. The Morgan fingerprint density at radius 3 is 2.81 bits per heavy atom. The summed E-state index contributed by atoms with van der Waals surface area (Å²) in [4.78, 5) is 4.01. The van der Waals surface area contributed by atoms with E-state index < -0.39 is 0 Å². The molecule has 0 amide bonds. The molecular weight excluding hydrogens is 480 g/mol. The molecule has 1 aromatic heterocycles. The van der Waals surface area contributed by atoms with Gasteiger partial charge in [-0.25, -0.2) is 4.39 Å². The Morgan fingerprint density at radius 2 is 2.07 bits per heavy atom. The fraction of sp³-hybridized carbons (Fsp3) is 0.150. The zero-order chi connectivity index (χ0) is 19.4. The first-order valence-corrected chi connectivity index (χ1v) is 9.70. The third kappa shape index (κ3) is 5.01. The topological polar surface area (TPSA) is 60.2 Å². The average Bonchev–Trinajstić information content (AvgIpc) is 2.62. The second-order valence-electron chi connectivity index (χ2n) is 6.01. The Balaban J connectivity index is 1.74. The highest BCUT2D eigenvalue weighted by molar-refractivity contribution is 14.1. The van der Waals surface area contributed by atoms with Crippen molar-refractivity contribution >= 4 is 45.6 Å². The van der Waals surface area contributed by atoms with E-state index in [4.69, 9.17) is 22.1 Å². The molecule has 27 heavy (non-hydrogen) atoms. The van der Waals surface area contributed by atoms with Gasteiger partial charge in [-0.2, -0.15) is 0 Å².